The van der Waals surface area contributed by atoms with Crippen molar-refractivity contribution in [3.05, 3.63) is 71.2 Å². The van der Waals surface area contributed by atoms with Crippen molar-refractivity contribution in [2.24, 2.45) is 0 Å². The number of fused-ring (bicyclic) bond motifs is 1. The van der Waals surface area contributed by atoms with Crippen LogP contribution in [0.3, 0.4) is 0 Å². The summed E-state index contributed by atoms with van der Waals surface area (Å²) in [5, 5.41) is 22.6. The molecule has 1 aliphatic carbocycles. The number of nitrogens with one attached hydrogen (secondary N) is 2. The predicted molar refractivity (Wildman–Crippen MR) is 155 cm³/mol. The average Bonchev–Trinajstić information content (AvgIpc) is 3.75. The Morgan fingerprint density at radius 3 is 2.49 bits per heavy atom. The maximum absolute atomic E-state index is 14.7. The molecule has 2 aliphatic rings. The van der Waals surface area contributed by atoms with E-state index in [9.17, 15) is 31.7 Å². The molecule has 1 aliphatic heterocycles. The third-order valence-corrected chi connectivity index (χ3v) is 8.07. The van der Waals surface area contributed by atoms with Crippen LogP contribution in [-0.2, 0) is 22.1 Å². The number of amides is 1. The normalized spacial score (nSPS) is 19.6. The van der Waals surface area contributed by atoms with Gasteiger partial charge in [-0.15, -0.1) is 0 Å². The minimum atomic E-state index is -5.34. The van der Waals surface area contributed by atoms with Crippen molar-refractivity contribution in [2.75, 3.05) is 32.6 Å². The third kappa shape index (κ3) is 6.90. The fourth-order valence-corrected chi connectivity index (χ4v) is 5.63. The van der Waals surface area contributed by atoms with Crippen LogP contribution in [0.25, 0.3) is 11.3 Å². The van der Waals surface area contributed by atoms with Gasteiger partial charge in [0.2, 0.25) is 5.60 Å². The van der Waals surface area contributed by atoms with Crippen LogP contribution in [0.2, 0.25) is 0 Å². The first-order valence-corrected chi connectivity index (χ1v) is 15.5. The number of hydrogen-bond donors (Lipinski definition) is 4. The number of carbonyl (C=O) groups is 1. The van der Waals surface area contributed by atoms with Gasteiger partial charge in [0, 0.05) is 22.9 Å². The smallest absolute Gasteiger partial charge is 0.424 e. The Labute approximate surface area is 258 Å². The van der Waals surface area contributed by atoms with Gasteiger partial charge in [0.05, 0.1) is 41.5 Å². The SMILES string of the molecule is CS(=O)N[C@]1(C)COc2c1cc(C(O)(CNC(=O)c1ccc(OC3CC3)c(OCCO)c1)C(F)(F)F)nc2-c1ccc(F)cc1. The fraction of sp³-hybridized carbons (Fsp3) is 0.400. The molecule has 0 saturated heterocycles. The molecule has 10 nitrogen and oxygen atoms in total. The Kier molecular flexibility index (Phi) is 9.08. The van der Waals surface area contributed by atoms with E-state index in [1.165, 1.54) is 36.6 Å². The lowest BCUT2D eigenvalue weighted by molar-refractivity contribution is -0.265. The number of rotatable bonds is 12. The minimum absolute atomic E-state index is 0.0117. The zero-order valence-electron chi connectivity index (χ0n) is 24.2. The zero-order chi connectivity index (χ0) is 32.6. The van der Waals surface area contributed by atoms with E-state index in [-0.39, 0.29) is 59.8 Å². The molecular weight excluding hydrogens is 622 g/mol. The summed E-state index contributed by atoms with van der Waals surface area (Å²) in [4.78, 5) is 17.2. The number of aromatic nitrogens is 1. The molecule has 4 N–H and O–H groups in total. The Balaban J connectivity index is 1.51. The Bertz CT molecular complexity index is 1600. The fourth-order valence-electron chi connectivity index (χ4n) is 4.83. The first kappa shape index (κ1) is 32.6. The number of nitrogens with zero attached hydrogens (tertiary/aromatic N) is 1. The molecule has 0 bridgehead atoms. The molecule has 0 spiro atoms. The van der Waals surface area contributed by atoms with Gasteiger partial charge in [-0.3, -0.25) is 4.79 Å². The van der Waals surface area contributed by atoms with Gasteiger partial charge in [-0.25, -0.2) is 18.3 Å². The van der Waals surface area contributed by atoms with Crippen LogP contribution in [0.1, 0.15) is 41.4 Å². The van der Waals surface area contributed by atoms with E-state index in [4.69, 9.17) is 19.3 Å². The summed E-state index contributed by atoms with van der Waals surface area (Å²) >= 11 is 0. The van der Waals surface area contributed by atoms with Crippen molar-refractivity contribution in [3.8, 4) is 28.5 Å². The molecule has 0 radical (unpaired) electrons. The van der Waals surface area contributed by atoms with Gasteiger partial charge in [-0.2, -0.15) is 13.2 Å². The van der Waals surface area contributed by atoms with Gasteiger partial charge in [0.1, 0.15) is 24.7 Å². The van der Waals surface area contributed by atoms with Gasteiger partial charge < -0.3 is 29.7 Å². The number of alkyl halides is 3. The second-order valence-electron chi connectivity index (χ2n) is 11.0. The number of aliphatic hydroxyl groups excluding tert-OH is 1. The Morgan fingerprint density at radius 1 is 1.16 bits per heavy atom. The second kappa shape index (κ2) is 12.5. The van der Waals surface area contributed by atoms with E-state index in [0.29, 0.717) is 5.75 Å². The molecular formula is C30H31F4N3O7S. The van der Waals surface area contributed by atoms with E-state index >= 15 is 0 Å². The largest absolute Gasteiger partial charge is 0.489 e. The highest BCUT2D eigenvalue weighted by atomic mass is 32.2. The van der Waals surface area contributed by atoms with E-state index in [0.717, 1.165) is 31.0 Å². The topological polar surface area (TPSA) is 139 Å². The number of carbonyl (C=O) groups excluding carboxylic acids is 1. The molecule has 15 heteroatoms. The first-order chi connectivity index (χ1) is 21.2. The van der Waals surface area contributed by atoms with Crippen molar-refractivity contribution >= 4 is 16.9 Å². The van der Waals surface area contributed by atoms with Gasteiger partial charge in [0.15, 0.2) is 17.2 Å². The number of benzene rings is 2. The second-order valence-corrected chi connectivity index (χ2v) is 12.1. The van der Waals surface area contributed by atoms with E-state index < -0.39 is 52.3 Å². The number of aliphatic hydroxyl groups is 2. The van der Waals surface area contributed by atoms with E-state index in [1.54, 1.807) is 6.92 Å². The summed E-state index contributed by atoms with van der Waals surface area (Å²) < 4.78 is 89.8. The highest BCUT2D eigenvalue weighted by Gasteiger charge is 2.57. The predicted octanol–water partition coefficient (Wildman–Crippen LogP) is 3.47. The van der Waals surface area contributed by atoms with E-state index in [1.807, 2.05) is 0 Å². The molecule has 3 aromatic rings. The summed E-state index contributed by atoms with van der Waals surface area (Å²) in [6.45, 7) is -0.311. The van der Waals surface area contributed by atoms with Crippen molar-refractivity contribution in [1.82, 2.24) is 15.0 Å². The van der Waals surface area contributed by atoms with Crippen molar-refractivity contribution < 1.29 is 51.0 Å². The number of hydrogen-bond acceptors (Lipinski definition) is 8. The number of halogens is 4. The van der Waals surface area contributed by atoms with Gasteiger partial charge >= 0.3 is 6.18 Å². The van der Waals surface area contributed by atoms with Crippen molar-refractivity contribution in [1.29, 1.82) is 0 Å². The molecule has 3 atom stereocenters. The third-order valence-electron chi connectivity index (χ3n) is 7.33. The highest BCUT2D eigenvalue weighted by molar-refractivity contribution is 7.82. The number of ether oxygens (including phenoxy) is 3. The Hall–Kier alpha value is -3.79. The summed E-state index contributed by atoms with van der Waals surface area (Å²) in [7, 11) is -1.61. The maximum atomic E-state index is 14.7. The number of pyridine rings is 1. The lowest BCUT2D eigenvalue weighted by Gasteiger charge is -2.32. The minimum Gasteiger partial charge on any atom is -0.489 e. The van der Waals surface area contributed by atoms with Crippen LogP contribution in [0, 0.1) is 5.82 Å². The monoisotopic (exact) mass is 653 g/mol. The molecule has 2 aromatic carbocycles. The lowest BCUT2D eigenvalue weighted by Crippen LogP contribution is -2.52. The maximum Gasteiger partial charge on any atom is 0.424 e. The molecule has 1 fully saturated rings. The van der Waals surface area contributed by atoms with Crippen molar-refractivity contribution in [3.63, 3.8) is 0 Å². The highest BCUT2D eigenvalue weighted by Crippen LogP contribution is 2.47. The lowest BCUT2D eigenvalue weighted by atomic mass is 9.89. The molecule has 45 heavy (non-hydrogen) atoms. The van der Waals surface area contributed by atoms with Crippen LogP contribution >= 0.6 is 0 Å². The zero-order valence-corrected chi connectivity index (χ0v) is 25.1. The summed E-state index contributed by atoms with van der Waals surface area (Å²) in [6.07, 6.45) is -2.32. The molecule has 2 unspecified atom stereocenters. The summed E-state index contributed by atoms with van der Waals surface area (Å²) in [5.74, 6) is -1.04. The van der Waals surface area contributed by atoms with Gasteiger partial charge in [0.25, 0.3) is 5.91 Å². The summed E-state index contributed by atoms with van der Waals surface area (Å²) in [5.41, 5.74) is -5.67. The van der Waals surface area contributed by atoms with Crippen LogP contribution in [0.5, 0.6) is 17.2 Å². The van der Waals surface area contributed by atoms with Gasteiger partial charge in [-0.05, 0) is 68.3 Å². The van der Waals surface area contributed by atoms with Crippen LogP contribution in [-0.4, -0.2) is 70.2 Å². The summed E-state index contributed by atoms with van der Waals surface area (Å²) in [6, 6.07) is 9.85. The Morgan fingerprint density at radius 2 is 1.87 bits per heavy atom. The quantitative estimate of drug-likeness (QED) is 0.218. The van der Waals surface area contributed by atoms with Crippen molar-refractivity contribution in [2.45, 2.75) is 43.2 Å². The molecule has 1 amide bonds. The van der Waals surface area contributed by atoms with E-state index in [2.05, 4.69) is 15.0 Å². The van der Waals surface area contributed by atoms with Crippen LogP contribution in [0.15, 0.2) is 48.5 Å². The standard InChI is InChI=1S/C30H31F4N3O7S/c1-28(37-45(2)41)16-43-26-21(28)14-24(36-25(26)17-3-6-19(31)7-4-17)29(40,30(32,33)34)15-35-27(39)18-5-10-22(44-20-8-9-20)23(13-18)42-12-11-38/h3-7,10,13-14,20,37-38,40H,8-9,11-12,15-16H2,1-2H3,(H,35,39)/t28-,29?,45?/m1/s1. The average molecular weight is 654 g/mol. The molecule has 242 valence electrons. The molecule has 2 heterocycles. The van der Waals surface area contributed by atoms with Crippen LogP contribution in [0.4, 0.5) is 17.6 Å². The molecule has 1 saturated carbocycles. The first-order valence-electron chi connectivity index (χ1n) is 13.9. The van der Waals surface area contributed by atoms with Crippen LogP contribution < -0.4 is 24.2 Å². The molecule has 5 rings (SSSR count). The molecule has 1 aromatic heterocycles. The van der Waals surface area contributed by atoms with Gasteiger partial charge in [-0.1, -0.05) is 0 Å².